The SMILES string of the molecule is Cc1csc(C(=O)c2ccc(C(F)(F)F)c(F)c2)c1Cl. The topological polar surface area (TPSA) is 17.1 Å². The van der Waals surface area contributed by atoms with Crippen LogP contribution in [0.15, 0.2) is 23.6 Å². The molecule has 0 aliphatic rings. The number of halogens is 5. The summed E-state index contributed by atoms with van der Waals surface area (Å²) in [6.07, 6.45) is -4.79. The zero-order valence-corrected chi connectivity index (χ0v) is 11.6. The van der Waals surface area contributed by atoms with Gasteiger partial charge in [0.1, 0.15) is 5.82 Å². The Bertz CT molecular complexity index is 675. The van der Waals surface area contributed by atoms with Crippen molar-refractivity contribution in [2.45, 2.75) is 13.1 Å². The average molecular weight is 323 g/mol. The van der Waals surface area contributed by atoms with E-state index in [-0.39, 0.29) is 15.5 Å². The summed E-state index contributed by atoms with van der Waals surface area (Å²) in [4.78, 5) is 12.3. The molecule has 0 bridgehead atoms. The highest BCUT2D eigenvalue weighted by molar-refractivity contribution is 7.13. The van der Waals surface area contributed by atoms with Gasteiger partial charge >= 0.3 is 6.18 Å². The van der Waals surface area contributed by atoms with E-state index in [2.05, 4.69) is 0 Å². The lowest BCUT2D eigenvalue weighted by atomic mass is 10.1. The van der Waals surface area contributed by atoms with Crippen LogP contribution in [0, 0.1) is 12.7 Å². The van der Waals surface area contributed by atoms with Gasteiger partial charge in [0, 0.05) is 5.56 Å². The second kappa shape index (κ2) is 5.18. The lowest BCUT2D eigenvalue weighted by Gasteiger charge is -2.08. The smallest absolute Gasteiger partial charge is 0.288 e. The predicted octanol–water partition coefficient (Wildman–Crippen LogP) is 5.10. The van der Waals surface area contributed by atoms with E-state index in [0.717, 1.165) is 17.4 Å². The molecular formula is C13H7ClF4OS. The van der Waals surface area contributed by atoms with E-state index in [1.54, 1.807) is 12.3 Å². The molecule has 0 saturated carbocycles. The zero-order chi connectivity index (χ0) is 15.1. The molecule has 2 rings (SSSR count). The molecule has 2 aromatic rings. The number of benzene rings is 1. The summed E-state index contributed by atoms with van der Waals surface area (Å²) in [6.45, 7) is 1.70. The third kappa shape index (κ3) is 2.71. The van der Waals surface area contributed by atoms with Gasteiger partial charge in [-0.3, -0.25) is 4.79 Å². The Morgan fingerprint density at radius 2 is 1.95 bits per heavy atom. The van der Waals surface area contributed by atoms with Gasteiger partial charge in [-0.15, -0.1) is 11.3 Å². The fourth-order valence-corrected chi connectivity index (χ4v) is 2.84. The number of carbonyl (C=O) groups is 1. The summed E-state index contributed by atoms with van der Waals surface area (Å²) in [5, 5.41) is 1.89. The number of thiophene rings is 1. The molecule has 1 aromatic heterocycles. The van der Waals surface area contributed by atoms with Gasteiger partial charge in [-0.2, -0.15) is 13.2 Å². The molecule has 0 atom stereocenters. The maximum Gasteiger partial charge on any atom is 0.419 e. The number of hydrogen-bond acceptors (Lipinski definition) is 2. The molecule has 1 heterocycles. The Labute approximate surface area is 120 Å². The van der Waals surface area contributed by atoms with Crippen LogP contribution in [0.5, 0.6) is 0 Å². The van der Waals surface area contributed by atoms with E-state index in [1.807, 2.05) is 0 Å². The van der Waals surface area contributed by atoms with Crippen LogP contribution in [0.1, 0.15) is 26.4 Å². The summed E-state index contributed by atoms with van der Waals surface area (Å²) < 4.78 is 50.7. The molecule has 0 aliphatic heterocycles. The number of alkyl halides is 3. The van der Waals surface area contributed by atoms with E-state index in [1.165, 1.54) is 0 Å². The minimum atomic E-state index is -4.79. The first-order valence-electron chi connectivity index (χ1n) is 5.37. The number of hydrogen-bond donors (Lipinski definition) is 0. The lowest BCUT2D eigenvalue weighted by Crippen LogP contribution is -2.09. The van der Waals surface area contributed by atoms with Gasteiger partial charge < -0.3 is 0 Å². The highest BCUT2D eigenvalue weighted by Crippen LogP contribution is 2.33. The van der Waals surface area contributed by atoms with E-state index >= 15 is 0 Å². The fraction of sp³-hybridized carbons (Fsp3) is 0.154. The van der Waals surface area contributed by atoms with Gasteiger partial charge in [0.25, 0.3) is 0 Å². The van der Waals surface area contributed by atoms with Gasteiger partial charge in [0.05, 0.1) is 15.5 Å². The molecular weight excluding hydrogens is 316 g/mol. The Morgan fingerprint density at radius 3 is 2.40 bits per heavy atom. The second-order valence-corrected chi connectivity index (χ2v) is 5.34. The van der Waals surface area contributed by atoms with Gasteiger partial charge in [0.2, 0.25) is 5.78 Å². The normalized spacial score (nSPS) is 11.7. The first kappa shape index (κ1) is 15.0. The highest BCUT2D eigenvalue weighted by Gasteiger charge is 2.34. The third-order valence-electron chi connectivity index (χ3n) is 2.64. The number of aryl methyl sites for hydroxylation is 1. The summed E-state index contributed by atoms with van der Waals surface area (Å²) in [6, 6.07) is 2.08. The summed E-state index contributed by atoms with van der Waals surface area (Å²) >= 11 is 6.98. The van der Waals surface area contributed by atoms with Crippen molar-refractivity contribution in [1.82, 2.24) is 0 Å². The van der Waals surface area contributed by atoms with Crippen LogP contribution in [0.2, 0.25) is 5.02 Å². The molecule has 0 aliphatic carbocycles. The Hall–Kier alpha value is -1.40. The zero-order valence-electron chi connectivity index (χ0n) is 10.0. The van der Waals surface area contributed by atoms with E-state index < -0.39 is 23.3 Å². The van der Waals surface area contributed by atoms with Crippen molar-refractivity contribution in [3.8, 4) is 0 Å². The molecule has 1 nitrogen and oxygen atoms in total. The van der Waals surface area contributed by atoms with Crippen LogP contribution in [-0.4, -0.2) is 5.78 Å². The van der Waals surface area contributed by atoms with Crippen molar-refractivity contribution < 1.29 is 22.4 Å². The fourth-order valence-electron chi connectivity index (χ4n) is 1.60. The van der Waals surface area contributed by atoms with Crippen molar-refractivity contribution >= 4 is 28.7 Å². The Kier molecular flexibility index (Phi) is 3.88. The van der Waals surface area contributed by atoms with Crippen LogP contribution in [0.3, 0.4) is 0 Å². The van der Waals surface area contributed by atoms with Gasteiger partial charge in [-0.1, -0.05) is 17.7 Å². The quantitative estimate of drug-likeness (QED) is 0.555. The van der Waals surface area contributed by atoms with Crippen molar-refractivity contribution in [3.05, 3.63) is 56.0 Å². The summed E-state index contributed by atoms with van der Waals surface area (Å²) in [5.41, 5.74) is -0.880. The molecule has 1 aromatic carbocycles. The van der Waals surface area contributed by atoms with Crippen LogP contribution < -0.4 is 0 Å². The van der Waals surface area contributed by atoms with Gasteiger partial charge in [-0.05, 0) is 30.0 Å². The lowest BCUT2D eigenvalue weighted by molar-refractivity contribution is -0.140. The van der Waals surface area contributed by atoms with E-state index in [0.29, 0.717) is 17.7 Å². The summed E-state index contributed by atoms with van der Waals surface area (Å²) in [5.74, 6) is -2.08. The van der Waals surface area contributed by atoms with E-state index in [4.69, 9.17) is 11.6 Å². The molecule has 20 heavy (non-hydrogen) atoms. The molecule has 0 unspecified atom stereocenters. The molecule has 0 amide bonds. The second-order valence-electron chi connectivity index (χ2n) is 4.08. The predicted molar refractivity (Wildman–Crippen MR) is 68.9 cm³/mol. The molecule has 0 saturated heterocycles. The maximum atomic E-state index is 13.4. The van der Waals surface area contributed by atoms with Crippen LogP contribution in [-0.2, 0) is 6.18 Å². The number of rotatable bonds is 2. The van der Waals surface area contributed by atoms with Gasteiger partial charge in [-0.25, -0.2) is 4.39 Å². The van der Waals surface area contributed by atoms with Crippen LogP contribution in [0.25, 0.3) is 0 Å². The molecule has 0 spiro atoms. The Balaban J connectivity index is 2.42. The average Bonchev–Trinajstić information content (AvgIpc) is 2.67. The minimum Gasteiger partial charge on any atom is -0.288 e. The maximum absolute atomic E-state index is 13.4. The standard InChI is InChI=1S/C13H7ClF4OS/c1-6-5-20-12(10(6)14)11(19)7-2-3-8(9(15)4-7)13(16,17)18/h2-5H,1H3. The third-order valence-corrected chi connectivity index (χ3v) is 4.34. The first-order valence-corrected chi connectivity index (χ1v) is 6.62. The van der Waals surface area contributed by atoms with Crippen molar-refractivity contribution in [2.75, 3.05) is 0 Å². The number of carbonyl (C=O) groups excluding carboxylic acids is 1. The molecule has 0 N–H and O–H groups in total. The number of ketones is 1. The Morgan fingerprint density at radius 1 is 1.30 bits per heavy atom. The van der Waals surface area contributed by atoms with Crippen LogP contribution in [0.4, 0.5) is 17.6 Å². The molecule has 106 valence electrons. The van der Waals surface area contributed by atoms with E-state index in [9.17, 15) is 22.4 Å². The van der Waals surface area contributed by atoms with Gasteiger partial charge in [0.15, 0.2) is 0 Å². The van der Waals surface area contributed by atoms with Crippen LogP contribution >= 0.6 is 22.9 Å². The monoisotopic (exact) mass is 322 g/mol. The van der Waals surface area contributed by atoms with Crippen molar-refractivity contribution in [2.24, 2.45) is 0 Å². The minimum absolute atomic E-state index is 0.167. The largest absolute Gasteiger partial charge is 0.419 e. The van der Waals surface area contributed by atoms with Crippen molar-refractivity contribution in [1.29, 1.82) is 0 Å². The molecule has 7 heteroatoms. The molecule has 0 radical (unpaired) electrons. The first-order chi connectivity index (χ1) is 9.21. The molecule has 0 fully saturated rings. The summed E-state index contributed by atoms with van der Waals surface area (Å²) in [7, 11) is 0. The van der Waals surface area contributed by atoms with Crippen molar-refractivity contribution in [3.63, 3.8) is 0 Å². The highest BCUT2D eigenvalue weighted by atomic mass is 35.5.